The van der Waals surface area contributed by atoms with E-state index >= 15 is 0 Å². The maximum Gasteiger partial charge on any atom is 0.246 e. The number of nitrogens with zero attached hydrogens (tertiary/aromatic N) is 4. The number of benzene rings is 2. The molecule has 2 aromatic carbocycles. The minimum absolute atomic E-state index is 0.0120. The molecule has 1 saturated heterocycles. The molecular formula is C26H29ClN4O2. The molecule has 1 fully saturated rings. The molecule has 0 atom stereocenters. The van der Waals surface area contributed by atoms with Gasteiger partial charge in [-0.25, -0.2) is 4.68 Å². The summed E-state index contributed by atoms with van der Waals surface area (Å²) in [6.07, 6.45) is 3.39. The molecule has 0 bridgehead atoms. The van der Waals surface area contributed by atoms with Crippen LogP contribution in [0.1, 0.15) is 22.4 Å². The van der Waals surface area contributed by atoms with Crippen molar-refractivity contribution in [3.63, 3.8) is 0 Å². The van der Waals surface area contributed by atoms with E-state index in [4.69, 9.17) is 16.3 Å². The molecule has 0 aliphatic carbocycles. The number of aryl methyl sites for hydroxylation is 2. The minimum atomic E-state index is -0.0120. The van der Waals surface area contributed by atoms with Gasteiger partial charge in [0.25, 0.3) is 0 Å². The predicted octanol–water partition coefficient (Wildman–Crippen LogP) is 4.57. The van der Waals surface area contributed by atoms with Crippen molar-refractivity contribution < 1.29 is 9.53 Å². The standard InChI is InChI=1S/C26H29ClN4O2/c1-19-7-9-21(10-8-19)18-31-26(27)24(20(2)28-31)11-12-25(32)30-15-13-29(14-16-30)22-5-4-6-23(17-22)33-3/h4-12,17H,13-16,18H2,1-3H3/b12-11+. The maximum absolute atomic E-state index is 12.8. The van der Waals surface area contributed by atoms with Crippen molar-refractivity contribution in [1.29, 1.82) is 0 Å². The van der Waals surface area contributed by atoms with Gasteiger partial charge in [0.2, 0.25) is 5.91 Å². The van der Waals surface area contributed by atoms with Crippen LogP contribution in [-0.2, 0) is 11.3 Å². The van der Waals surface area contributed by atoms with Gasteiger partial charge in [0, 0.05) is 49.6 Å². The third-order valence-corrected chi connectivity index (χ3v) is 6.36. The van der Waals surface area contributed by atoms with E-state index in [1.54, 1.807) is 23.9 Å². The largest absolute Gasteiger partial charge is 0.497 e. The smallest absolute Gasteiger partial charge is 0.246 e. The first-order valence-corrected chi connectivity index (χ1v) is 11.5. The number of rotatable bonds is 6. The highest BCUT2D eigenvalue weighted by molar-refractivity contribution is 6.31. The van der Waals surface area contributed by atoms with E-state index < -0.39 is 0 Å². The molecule has 0 radical (unpaired) electrons. The number of piperazine rings is 1. The van der Waals surface area contributed by atoms with Crippen LogP contribution in [0.3, 0.4) is 0 Å². The van der Waals surface area contributed by atoms with Crippen molar-refractivity contribution in [2.24, 2.45) is 0 Å². The van der Waals surface area contributed by atoms with E-state index in [1.807, 2.05) is 30.0 Å². The van der Waals surface area contributed by atoms with Gasteiger partial charge in [-0.1, -0.05) is 47.5 Å². The van der Waals surface area contributed by atoms with Crippen LogP contribution in [0, 0.1) is 13.8 Å². The molecule has 0 spiro atoms. The Bertz CT molecular complexity index is 1150. The van der Waals surface area contributed by atoms with Crippen LogP contribution in [-0.4, -0.2) is 53.9 Å². The highest BCUT2D eigenvalue weighted by Crippen LogP contribution is 2.24. The SMILES string of the molecule is COc1cccc(N2CCN(C(=O)/C=C/c3c(C)nn(Cc4ccc(C)cc4)c3Cl)CC2)c1. The zero-order chi connectivity index (χ0) is 23.4. The molecule has 1 amide bonds. The van der Waals surface area contributed by atoms with Gasteiger partial charge in [-0.2, -0.15) is 5.10 Å². The van der Waals surface area contributed by atoms with E-state index in [9.17, 15) is 4.79 Å². The Kier molecular flexibility index (Phi) is 7.04. The molecule has 4 rings (SSSR count). The van der Waals surface area contributed by atoms with Gasteiger partial charge < -0.3 is 14.5 Å². The molecular weight excluding hydrogens is 436 g/mol. The van der Waals surface area contributed by atoms with Crippen LogP contribution in [0.15, 0.2) is 54.6 Å². The number of hydrogen-bond acceptors (Lipinski definition) is 4. The third kappa shape index (κ3) is 5.40. The number of carbonyl (C=O) groups excluding carboxylic acids is 1. The summed E-state index contributed by atoms with van der Waals surface area (Å²) < 4.78 is 7.10. The van der Waals surface area contributed by atoms with E-state index in [-0.39, 0.29) is 5.91 Å². The Balaban J connectivity index is 1.38. The van der Waals surface area contributed by atoms with Crippen molar-refractivity contribution in [1.82, 2.24) is 14.7 Å². The first-order valence-electron chi connectivity index (χ1n) is 11.1. The van der Waals surface area contributed by atoms with Crippen LogP contribution in [0.25, 0.3) is 6.08 Å². The summed E-state index contributed by atoms with van der Waals surface area (Å²) in [5.74, 6) is 0.825. The van der Waals surface area contributed by atoms with Crippen molar-refractivity contribution in [2.75, 3.05) is 38.2 Å². The number of halogens is 1. The summed E-state index contributed by atoms with van der Waals surface area (Å²) in [4.78, 5) is 16.9. The predicted molar refractivity (Wildman–Crippen MR) is 133 cm³/mol. The molecule has 172 valence electrons. The van der Waals surface area contributed by atoms with Gasteiger partial charge in [-0.05, 0) is 37.6 Å². The average molecular weight is 465 g/mol. The summed E-state index contributed by atoms with van der Waals surface area (Å²) in [7, 11) is 1.67. The highest BCUT2D eigenvalue weighted by Gasteiger charge is 2.20. The van der Waals surface area contributed by atoms with Gasteiger partial charge >= 0.3 is 0 Å². The fourth-order valence-corrected chi connectivity index (χ4v) is 4.28. The molecule has 2 heterocycles. The van der Waals surface area contributed by atoms with Crippen LogP contribution in [0.5, 0.6) is 5.75 Å². The summed E-state index contributed by atoms with van der Waals surface area (Å²) >= 11 is 6.60. The Labute approximate surface area is 200 Å². The van der Waals surface area contributed by atoms with E-state index in [0.29, 0.717) is 24.8 Å². The second kappa shape index (κ2) is 10.1. The lowest BCUT2D eigenvalue weighted by Gasteiger charge is -2.35. The number of aromatic nitrogens is 2. The lowest BCUT2D eigenvalue weighted by molar-refractivity contribution is -0.126. The van der Waals surface area contributed by atoms with Gasteiger partial charge in [-0.15, -0.1) is 0 Å². The van der Waals surface area contributed by atoms with Crippen LogP contribution < -0.4 is 9.64 Å². The van der Waals surface area contributed by atoms with Crippen molar-refractivity contribution >= 4 is 29.3 Å². The lowest BCUT2D eigenvalue weighted by atomic mass is 10.1. The Morgan fingerprint density at radius 2 is 1.82 bits per heavy atom. The minimum Gasteiger partial charge on any atom is -0.497 e. The number of anilines is 1. The Morgan fingerprint density at radius 1 is 1.09 bits per heavy atom. The Hall–Kier alpha value is -3.25. The number of methoxy groups -OCH3 is 1. The molecule has 1 aliphatic heterocycles. The summed E-state index contributed by atoms with van der Waals surface area (Å²) in [5, 5.41) is 5.11. The normalized spacial score (nSPS) is 14.2. The lowest BCUT2D eigenvalue weighted by Crippen LogP contribution is -2.48. The molecule has 3 aromatic rings. The fraction of sp³-hybridized carbons (Fsp3) is 0.308. The number of amides is 1. The van der Waals surface area contributed by atoms with Gasteiger partial charge in [-0.3, -0.25) is 4.79 Å². The zero-order valence-electron chi connectivity index (χ0n) is 19.3. The molecule has 1 aromatic heterocycles. The summed E-state index contributed by atoms with van der Waals surface area (Å²) in [6.45, 7) is 7.46. The summed E-state index contributed by atoms with van der Waals surface area (Å²) in [5.41, 5.74) is 5.05. The van der Waals surface area contributed by atoms with Crippen molar-refractivity contribution in [2.45, 2.75) is 20.4 Å². The molecule has 7 heteroatoms. The third-order valence-electron chi connectivity index (χ3n) is 5.96. The van der Waals surface area contributed by atoms with E-state index in [0.717, 1.165) is 41.3 Å². The average Bonchev–Trinajstić information content (AvgIpc) is 3.11. The van der Waals surface area contributed by atoms with Gasteiger partial charge in [0.05, 0.1) is 19.3 Å². The molecule has 6 nitrogen and oxygen atoms in total. The zero-order valence-corrected chi connectivity index (χ0v) is 20.0. The number of hydrogen-bond donors (Lipinski definition) is 0. The van der Waals surface area contributed by atoms with Crippen LogP contribution in [0.4, 0.5) is 5.69 Å². The Morgan fingerprint density at radius 3 is 2.52 bits per heavy atom. The van der Waals surface area contributed by atoms with Gasteiger partial charge in [0.15, 0.2) is 0 Å². The van der Waals surface area contributed by atoms with Crippen molar-refractivity contribution in [3.8, 4) is 5.75 Å². The molecule has 33 heavy (non-hydrogen) atoms. The topological polar surface area (TPSA) is 50.6 Å². The monoisotopic (exact) mass is 464 g/mol. The summed E-state index contributed by atoms with van der Waals surface area (Å²) in [6, 6.07) is 16.3. The van der Waals surface area contributed by atoms with E-state index in [1.165, 1.54) is 5.56 Å². The molecule has 0 saturated carbocycles. The first kappa shape index (κ1) is 22.9. The number of carbonyl (C=O) groups is 1. The fourth-order valence-electron chi connectivity index (χ4n) is 3.98. The van der Waals surface area contributed by atoms with Gasteiger partial charge in [0.1, 0.15) is 10.9 Å². The molecule has 0 unspecified atom stereocenters. The number of ether oxygens (including phenoxy) is 1. The second-order valence-electron chi connectivity index (χ2n) is 8.28. The van der Waals surface area contributed by atoms with Crippen LogP contribution >= 0.6 is 11.6 Å². The second-order valence-corrected chi connectivity index (χ2v) is 8.64. The quantitative estimate of drug-likeness (QED) is 0.501. The van der Waals surface area contributed by atoms with E-state index in [2.05, 4.69) is 47.3 Å². The van der Waals surface area contributed by atoms with Crippen LogP contribution in [0.2, 0.25) is 5.15 Å². The van der Waals surface area contributed by atoms with Crippen molar-refractivity contribution in [3.05, 3.63) is 82.1 Å². The highest BCUT2D eigenvalue weighted by atomic mass is 35.5. The molecule has 0 N–H and O–H groups in total. The molecule has 1 aliphatic rings. The maximum atomic E-state index is 12.8. The first-order chi connectivity index (χ1) is 15.9.